The molecule has 1 heterocycles. The highest BCUT2D eigenvalue weighted by atomic mass is 35.5. The molecule has 0 bridgehead atoms. The van der Waals surface area contributed by atoms with E-state index in [9.17, 15) is 9.59 Å². The van der Waals surface area contributed by atoms with Gasteiger partial charge in [0.25, 0.3) is 5.91 Å². The van der Waals surface area contributed by atoms with Crippen molar-refractivity contribution >= 4 is 24.2 Å². The predicted octanol–water partition coefficient (Wildman–Crippen LogP) is 0.718. The number of carbonyl (C=O) groups excluding carboxylic acids is 2. The number of nitrogens with one attached hydrogen (secondary N) is 3. The first kappa shape index (κ1) is 19.3. The summed E-state index contributed by atoms with van der Waals surface area (Å²) in [6.07, 6.45) is 0.915. The smallest absolute Gasteiger partial charge is 0.258 e. The van der Waals surface area contributed by atoms with Crippen molar-refractivity contribution in [3.05, 3.63) is 30.3 Å². The fraction of sp³-hybridized carbons (Fsp3) is 0.500. The maximum Gasteiger partial charge on any atom is 0.258 e. The summed E-state index contributed by atoms with van der Waals surface area (Å²) in [4.78, 5) is 23.5. The summed E-state index contributed by atoms with van der Waals surface area (Å²) < 4.78 is 5.32. The quantitative estimate of drug-likeness (QED) is 0.712. The molecule has 1 aromatic rings. The van der Waals surface area contributed by atoms with Gasteiger partial charge < -0.3 is 20.7 Å². The molecule has 1 aliphatic rings. The summed E-state index contributed by atoms with van der Waals surface area (Å²) in [6.45, 7) is 3.80. The first-order valence-corrected chi connectivity index (χ1v) is 7.60. The molecule has 1 aromatic carbocycles. The van der Waals surface area contributed by atoms with Gasteiger partial charge in [0.2, 0.25) is 5.91 Å². The average molecular weight is 342 g/mol. The van der Waals surface area contributed by atoms with Gasteiger partial charge >= 0.3 is 0 Å². The van der Waals surface area contributed by atoms with Crippen LogP contribution in [0.15, 0.2) is 30.3 Å². The molecule has 1 saturated heterocycles. The van der Waals surface area contributed by atoms with Gasteiger partial charge in [0, 0.05) is 6.04 Å². The number of ether oxygens (including phenoxy) is 1. The highest BCUT2D eigenvalue weighted by Gasteiger charge is 2.22. The number of hydrogen-bond acceptors (Lipinski definition) is 4. The molecule has 0 saturated carbocycles. The van der Waals surface area contributed by atoms with E-state index < -0.39 is 0 Å². The Hall–Kier alpha value is -1.79. The van der Waals surface area contributed by atoms with Crippen LogP contribution in [0.5, 0.6) is 5.75 Å². The Morgan fingerprint density at radius 3 is 2.70 bits per heavy atom. The molecular formula is C16H24ClN3O3. The molecule has 0 radical (unpaired) electrons. The molecule has 7 heteroatoms. The van der Waals surface area contributed by atoms with Gasteiger partial charge in [-0.3, -0.25) is 9.59 Å². The maximum absolute atomic E-state index is 11.8. The molecule has 2 unspecified atom stereocenters. The molecule has 3 N–H and O–H groups in total. The summed E-state index contributed by atoms with van der Waals surface area (Å²) in [6, 6.07) is 9.27. The third-order valence-electron chi connectivity index (χ3n) is 3.69. The summed E-state index contributed by atoms with van der Waals surface area (Å²) in [7, 11) is 0. The van der Waals surface area contributed by atoms with Gasteiger partial charge in [-0.2, -0.15) is 0 Å². The van der Waals surface area contributed by atoms with E-state index in [4.69, 9.17) is 4.74 Å². The van der Waals surface area contributed by atoms with E-state index in [2.05, 4.69) is 22.9 Å². The summed E-state index contributed by atoms with van der Waals surface area (Å²) in [5, 5.41) is 8.81. The van der Waals surface area contributed by atoms with Crippen molar-refractivity contribution < 1.29 is 14.3 Å². The third-order valence-corrected chi connectivity index (χ3v) is 3.69. The second-order valence-corrected chi connectivity index (χ2v) is 5.52. The number of para-hydroxylation sites is 1. The number of hydrogen-bond donors (Lipinski definition) is 3. The van der Waals surface area contributed by atoms with Crippen molar-refractivity contribution in [1.29, 1.82) is 0 Å². The van der Waals surface area contributed by atoms with Gasteiger partial charge in [-0.25, -0.2) is 0 Å². The fourth-order valence-electron chi connectivity index (χ4n) is 2.38. The first-order valence-electron chi connectivity index (χ1n) is 7.60. The lowest BCUT2D eigenvalue weighted by molar-refractivity contribution is -0.127. The highest BCUT2D eigenvalue weighted by Crippen LogP contribution is 2.10. The summed E-state index contributed by atoms with van der Waals surface area (Å²) >= 11 is 0. The lowest BCUT2D eigenvalue weighted by Crippen LogP contribution is -2.50. The molecule has 23 heavy (non-hydrogen) atoms. The molecular weight excluding hydrogens is 318 g/mol. The molecule has 1 fully saturated rings. The Bertz CT molecular complexity index is 499. The summed E-state index contributed by atoms with van der Waals surface area (Å²) in [5.74, 6) is 0.560. The van der Waals surface area contributed by atoms with E-state index in [0.717, 1.165) is 19.5 Å². The maximum atomic E-state index is 11.8. The lowest BCUT2D eigenvalue weighted by Gasteiger charge is -2.30. The SMILES string of the molecule is CC1CNCCC1NC(=O)CNC(=O)COc1ccccc1.Cl. The minimum atomic E-state index is -0.308. The average Bonchev–Trinajstić information content (AvgIpc) is 2.54. The van der Waals surface area contributed by atoms with E-state index in [1.807, 2.05) is 18.2 Å². The zero-order valence-electron chi connectivity index (χ0n) is 13.2. The molecule has 2 atom stereocenters. The van der Waals surface area contributed by atoms with Crippen molar-refractivity contribution in [3.63, 3.8) is 0 Å². The Balaban J connectivity index is 0.00000264. The van der Waals surface area contributed by atoms with E-state index in [1.54, 1.807) is 12.1 Å². The van der Waals surface area contributed by atoms with Gasteiger partial charge in [-0.1, -0.05) is 25.1 Å². The lowest BCUT2D eigenvalue weighted by atomic mass is 9.95. The molecule has 128 valence electrons. The fourth-order valence-corrected chi connectivity index (χ4v) is 2.38. The molecule has 6 nitrogen and oxygen atoms in total. The number of carbonyl (C=O) groups is 2. The van der Waals surface area contributed by atoms with Crippen molar-refractivity contribution in [3.8, 4) is 5.75 Å². The van der Waals surface area contributed by atoms with Gasteiger partial charge in [0.05, 0.1) is 6.54 Å². The van der Waals surface area contributed by atoms with Crippen LogP contribution in [-0.2, 0) is 9.59 Å². The van der Waals surface area contributed by atoms with Crippen molar-refractivity contribution in [1.82, 2.24) is 16.0 Å². The Morgan fingerprint density at radius 1 is 1.26 bits per heavy atom. The van der Waals surface area contributed by atoms with Crippen molar-refractivity contribution in [2.24, 2.45) is 5.92 Å². The normalized spacial score (nSPS) is 20.0. The Labute approximate surface area is 142 Å². The van der Waals surface area contributed by atoms with Crippen molar-refractivity contribution in [2.45, 2.75) is 19.4 Å². The number of benzene rings is 1. The second kappa shape index (κ2) is 10.1. The monoisotopic (exact) mass is 341 g/mol. The van der Waals surface area contributed by atoms with E-state index in [-0.39, 0.29) is 43.4 Å². The standard InChI is InChI=1S/C16H23N3O3.ClH/c1-12-9-17-8-7-14(12)19-15(20)10-18-16(21)11-22-13-5-3-2-4-6-13;/h2-6,12,14,17H,7-11H2,1H3,(H,18,21)(H,19,20);1H. The first-order chi connectivity index (χ1) is 10.6. The molecule has 1 aliphatic heterocycles. The zero-order chi connectivity index (χ0) is 15.8. The van der Waals surface area contributed by atoms with Crippen LogP contribution < -0.4 is 20.7 Å². The van der Waals surface area contributed by atoms with Crippen LogP contribution in [0.4, 0.5) is 0 Å². The number of amides is 2. The van der Waals surface area contributed by atoms with Crippen LogP contribution >= 0.6 is 12.4 Å². The van der Waals surface area contributed by atoms with E-state index in [1.165, 1.54) is 0 Å². The van der Waals surface area contributed by atoms with Gasteiger partial charge in [-0.15, -0.1) is 12.4 Å². The summed E-state index contributed by atoms with van der Waals surface area (Å²) in [5.41, 5.74) is 0. The largest absolute Gasteiger partial charge is 0.484 e. The van der Waals surface area contributed by atoms with Crippen LogP contribution in [0.2, 0.25) is 0 Å². The Kier molecular flexibility index (Phi) is 8.43. The minimum absolute atomic E-state index is 0. The molecule has 0 aromatic heterocycles. The predicted molar refractivity (Wildman–Crippen MR) is 90.8 cm³/mol. The van der Waals surface area contributed by atoms with Gasteiger partial charge in [0.1, 0.15) is 5.75 Å². The topological polar surface area (TPSA) is 79.5 Å². The van der Waals surface area contributed by atoms with Crippen molar-refractivity contribution in [2.75, 3.05) is 26.2 Å². The second-order valence-electron chi connectivity index (χ2n) is 5.52. The minimum Gasteiger partial charge on any atom is -0.484 e. The van der Waals surface area contributed by atoms with Crippen LogP contribution in [-0.4, -0.2) is 44.1 Å². The Morgan fingerprint density at radius 2 is 2.00 bits per heavy atom. The van der Waals surface area contributed by atoms with Crippen LogP contribution in [0.25, 0.3) is 0 Å². The van der Waals surface area contributed by atoms with Crippen LogP contribution in [0, 0.1) is 5.92 Å². The number of halogens is 1. The van der Waals surface area contributed by atoms with E-state index in [0.29, 0.717) is 11.7 Å². The molecule has 2 amide bonds. The highest BCUT2D eigenvalue weighted by molar-refractivity contribution is 5.85. The van der Waals surface area contributed by atoms with Gasteiger partial charge in [0.15, 0.2) is 6.61 Å². The molecule has 2 rings (SSSR count). The molecule has 0 aliphatic carbocycles. The van der Waals surface area contributed by atoms with Crippen LogP contribution in [0.1, 0.15) is 13.3 Å². The van der Waals surface area contributed by atoms with E-state index >= 15 is 0 Å². The third kappa shape index (κ3) is 6.88. The van der Waals surface area contributed by atoms with Gasteiger partial charge in [-0.05, 0) is 37.6 Å². The zero-order valence-corrected chi connectivity index (χ0v) is 14.0. The number of rotatable bonds is 6. The van der Waals surface area contributed by atoms with Crippen LogP contribution in [0.3, 0.4) is 0 Å². The molecule has 0 spiro atoms. The number of piperidine rings is 1.